The summed E-state index contributed by atoms with van der Waals surface area (Å²) in [5.74, 6) is 0.428. The fourth-order valence-corrected chi connectivity index (χ4v) is 4.08. The van der Waals surface area contributed by atoms with Crippen LogP contribution in [0.2, 0.25) is 0 Å². The van der Waals surface area contributed by atoms with Crippen molar-refractivity contribution in [2.75, 3.05) is 5.32 Å². The first kappa shape index (κ1) is 19.2. The number of carbonyl (C=O) groups is 1. The number of fused-ring (bicyclic) bond motifs is 2. The van der Waals surface area contributed by atoms with E-state index in [2.05, 4.69) is 25.3 Å². The summed E-state index contributed by atoms with van der Waals surface area (Å²) < 4.78 is 13.3. The number of carbonyl (C=O) groups excluding carboxylic acids is 1. The minimum atomic E-state index is -0.291. The van der Waals surface area contributed by atoms with Gasteiger partial charge in [-0.3, -0.25) is 10.1 Å². The summed E-state index contributed by atoms with van der Waals surface area (Å²) in [6.07, 6.45) is 2.51. The maximum absolute atomic E-state index is 13.3. The summed E-state index contributed by atoms with van der Waals surface area (Å²) in [4.78, 5) is 30.7. The van der Waals surface area contributed by atoms with Gasteiger partial charge in [0.1, 0.15) is 5.82 Å². The third-order valence-electron chi connectivity index (χ3n) is 5.72. The van der Waals surface area contributed by atoms with Crippen molar-refractivity contribution in [1.82, 2.24) is 19.9 Å². The van der Waals surface area contributed by atoms with Crippen LogP contribution in [-0.2, 0) is 6.42 Å². The van der Waals surface area contributed by atoms with Gasteiger partial charge >= 0.3 is 0 Å². The Bertz CT molecular complexity index is 1320. The molecule has 1 aliphatic carbocycles. The third kappa shape index (κ3) is 3.63. The molecule has 154 valence electrons. The highest BCUT2D eigenvalue weighted by Crippen LogP contribution is 2.32. The van der Waals surface area contributed by atoms with E-state index in [9.17, 15) is 9.18 Å². The molecule has 0 radical (unpaired) electrons. The largest absolute Gasteiger partial charge is 0.294 e. The standard InChI is InChI=1S/C24H20FN5O/c1-13-4-3-5-18-14(2)27-24(29-22(13)18)30-23-26-12-19-20(28-23)10-16(11-21(19)31)15-6-8-17(25)9-7-15/h3-9,12,16H,10-11H2,1-2H3,(H,26,27,28,29,30)/t16-/m0/s1. The monoisotopic (exact) mass is 413 g/mol. The number of anilines is 2. The van der Waals surface area contributed by atoms with Crippen molar-refractivity contribution in [1.29, 1.82) is 0 Å². The third-order valence-corrected chi connectivity index (χ3v) is 5.72. The second-order valence-corrected chi connectivity index (χ2v) is 7.86. The topological polar surface area (TPSA) is 80.7 Å². The van der Waals surface area contributed by atoms with Crippen LogP contribution in [0.25, 0.3) is 10.9 Å². The first-order valence-electron chi connectivity index (χ1n) is 10.1. The van der Waals surface area contributed by atoms with E-state index in [1.54, 1.807) is 18.3 Å². The fraction of sp³-hybridized carbons (Fsp3) is 0.208. The minimum absolute atomic E-state index is 0.00412. The Morgan fingerprint density at radius 2 is 1.77 bits per heavy atom. The van der Waals surface area contributed by atoms with Crippen LogP contribution in [0.5, 0.6) is 0 Å². The second-order valence-electron chi connectivity index (χ2n) is 7.86. The smallest absolute Gasteiger partial charge is 0.230 e. The summed E-state index contributed by atoms with van der Waals surface area (Å²) >= 11 is 0. The quantitative estimate of drug-likeness (QED) is 0.518. The maximum atomic E-state index is 13.3. The molecule has 7 heteroatoms. The number of para-hydroxylation sites is 1. The molecular weight excluding hydrogens is 393 g/mol. The molecule has 4 aromatic rings. The van der Waals surface area contributed by atoms with Crippen molar-refractivity contribution in [2.24, 2.45) is 0 Å². The first-order chi connectivity index (χ1) is 15.0. The molecule has 31 heavy (non-hydrogen) atoms. The average Bonchev–Trinajstić information content (AvgIpc) is 2.75. The van der Waals surface area contributed by atoms with Crippen LogP contribution in [-0.4, -0.2) is 25.7 Å². The summed E-state index contributed by atoms with van der Waals surface area (Å²) in [7, 11) is 0. The normalized spacial score (nSPS) is 15.7. The first-order valence-corrected chi connectivity index (χ1v) is 10.1. The van der Waals surface area contributed by atoms with Crippen molar-refractivity contribution < 1.29 is 9.18 Å². The zero-order valence-corrected chi connectivity index (χ0v) is 17.2. The number of Topliss-reactive ketones (excluding diaryl/α,β-unsaturated/α-hetero) is 1. The van der Waals surface area contributed by atoms with E-state index in [4.69, 9.17) is 0 Å². The zero-order chi connectivity index (χ0) is 21.5. The average molecular weight is 413 g/mol. The van der Waals surface area contributed by atoms with Gasteiger partial charge in [0.05, 0.1) is 22.5 Å². The molecule has 2 aromatic heterocycles. The number of nitrogens with one attached hydrogen (secondary N) is 1. The Labute approximate surface area is 178 Å². The molecule has 0 aliphatic heterocycles. The molecule has 0 unspecified atom stereocenters. The molecule has 0 spiro atoms. The molecule has 0 bridgehead atoms. The van der Waals surface area contributed by atoms with Crippen LogP contribution in [0.4, 0.5) is 16.3 Å². The van der Waals surface area contributed by atoms with Crippen molar-refractivity contribution in [3.05, 3.63) is 82.6 Å². The molecule has 6 nitrogen and oxygen atoms in total. The van der Waals surface area contributed by atoms with Gasteiger partial charge in [0.15, 0.2) is 5.78 Å². The van der Waals surface area contributed by atoms with Crippen LogP contribution < -0.4 is 5.32 Å². The highest BCUT2D eigenvalue weighted by molar-refractivity contribution is 5.98. The van der Waals surface area contributed by atoms with Crippen molar-refractivity contribution in [3.63, 3.8) is 0 Å². The van der Waals surface area contributed by atoms with E-state index in [1.165, 1.54) is 12.1 Å². The molecule has 1 N–H and O–H groups in total. The summed E-state index contributed by atoms with van der Waals surface area (Å²) in [6.45, 7) is 3.95. The lowest BCUT2D eigenvalue weighted by atomic mass is 9.82. The number of halogens is 1. The summed E-state index contributed by atoms with van der Waals surface area (Å²) in [5, 5.41) is 4.09. The second kappa shape index (κ2) is 7.50. The predicted molar refractivity (Wildman–Crippen MR) is 116 cm³/mol. The van der Waals surface area contributed by atoms with Gasteiger partial charge in [-0.15, -0.1) is 0 Å². The highest BCUT2D eigenvalue weighted by Gasteiger charge is 2.28. The van der Waals surface area contributed by atoms with Crippen LogP contribution in [0.3, 0.4) is 0 Å². The molecule has 5 rings (SSSR count). The molecular formula is C24H20FN5O. The number of ketones is 1. The van der Waals surface area contributed by atoms with E-state index < -0.39 is 0 Å². The fourth-order valence-electron chi connectivity index (χ4n) is 4.08. The number of benzene rings is 2. The van der Waals surface area contributed by atoms with E-state index >= 15 is 0 Å². The summed E-state index contributed by atoms with van der Waals surface area (Å²) in [5.41, 5.74) is 4.94. The molecule has 2 aromatic carbocycles. The summed E-state index contributed by atoms with van der Waals surface area (Å²) in [6, 6.07) is 12.3. The molecule has 0 saturated heterocycles. The Morgan fingerprint density at radius 3 is 2.58 bits per heavy atom. The van der Waals surface area contributed by atoms with Gasteiger partial charge in [-0.05, 0) is 49.4 Å². The lowest BCUT2D eigenvalue weighted by Gasteiger charge is -2.23. The van der Waals surface area contributed by atoms with Crippen molar-refractivity contribution in [3.8, 4) is 0 Å². The van der Waals surface area contributed by atoms with Gasteiger partial charge in [-0.2, -0.15) is 0 Å². The van der Waals surface area contributed by atoms with Gasteiger partial charge in [-0.25, -0.2) is 24.3 Å². The van der Waals surface area contributed by atoms with Crippen LogP contribution in [0.1, 0.15) is 45.2 Å². The van der Waals surface area contributed by atoms with Crippen LogP contribution >= 0.6 is 0 Å². The predicted octanol–water partition coefficient (Wildman–Crippen LogP) is 4.83. The number of aromatic nitrogens is 4. The van der Waals surface area contributed by atoms with Gasteiger partial charge < -0.3 is 0 Å². The van der Waals surface area contributed by atoms with Gasteiger partial charge in [-0.1, -0.05) is 30.3 Å². The number of nitrogens with zero attached hydrogens (tertiary/aromatic N) is 4. The highest BCUT2D eigenvalue weighted by atomic mass is 19.1. The van der Waals surface area contributed by atoms with Crippen molar-refractivity contribution in [2.45, 2.75) is 32.6 Å². The Kier molecular flexibility index (Phi) is 4.66. The zero-order valence-electron chi connectivity index (χ0n) is 17.2. The van der Waals surface area contributed by atoms with Gasteiger partial charge in [0.2, 0.25) is 11.9 Å². The SMILES string of the molecule is Cc1nc(Nc2ncc3c(n2)C[C@H](c2ccc(F)cc2)CC3=O)nc2c(C)cccc12. The van der Waals surface area contributed by atoms with E-state index in [-0.39, 0.29) is 17.5 Å². The van der Waals surface area contributed by atoms with Crippen molar-refractivity contribution >= 4 is 28.6 Å². The minimum Gasteiger partial charge on any atom is -0.294 e. The number of hydrogen-bond donors (Lipinski definition) is 1. The molecule has 1 atom stereocenters. The Hall–Kier alpha value is -3.74. The lowest BCUT2D eigenvalue weighted by molar-refractivity contribution is 0.0962. The van der Waals surface area contributed by atoms with E-state index in [1.807, 2.05) is 32.0 Å². The van der Waals surface area contributed by atoms with E-state index in [0.29, 0.717) is 36.0 Å². The molecule has 0 saturated carbocycles. The van der Waals surface area contributed by atoms with Crippen LogP contribution in [0, 0.1) is 19.7 Å². The molecule has 0 fully saturated rings. The number of aryl methyl sites for hydroxylation is 2. The number of rotatable bonds is 3. The molecule has 0 amide bonds. The molecule has 2 heterocycles. The lowest BCUT2D eigenvalue weighted by Crippen LogP contribution is -2.21. The van der Waals surface area contributed by atoms with Crippen LogP contribution in [0.15, 0.2) is 48.7 Å². The Morgan fingerprint density at radius 1 is 0.968 bits per heavy atom. The maximum Gasteiger partial charge on any atom is 0.230 e. The van der Waals surface area contributed by atoms with Gasteiger partial charge in [0.25, 0.3) is 0 Å². The van der Waals surface area contributed by atoms with E-state index in [0.717, 1.165) is 27.7 Å². The Balaban J connectivity index is 1.46. The number of hydrogen-bond acceptors (Lipinski definition) is 6. The van der Waals surface area contributed by atoms with Gasteiger partial charge in [0, 0.05) is 18.0 Å². The molecule has 1 aliphatic rings.